The summed E-state index contributed by atoms with van der Waals surface area (Å²) in [6.45, 7) is 5.13. The van der Waals surface area contributed by atoms with Crippen molar-refractivity contribution in [3.05, 3.63) is 102 Å². The number of carbonyl (C=O) groups excluding carboxylic acids is 1. The lowest BCUT2D eigenvalue weighted by Gasteiger charge is -2.19. The van der Waals surface area contributed by atoms with Gasteiger partial charge in [0.1, 0.15) is 6.10 Å². The highest BCUT2D eigenvalue weighted by Crippen LogP contribution is 2.28. The summed E-state index contributed by atoms with van der Waals surface area (Å²) in [4.78, 5) is 14.5. The van der Waals surface area contributed by atoms with Gasteiger partial charge in [-0.3, -0.25) is 4.79 Å². The third kappa shape index (κ3) is 4.29. The molecule has 0 aliphatic carbocycles. The molecular weight excluding hydrogens is 436 g/mol. The second-order valence-corrected chi connectivity index (χ2v) is 9.56. The number of fused-ring (bicyclic) bond motifs is 1. The number of hydrogen-bond acceptors (Lipinski definition) is 4. The molecule has 3 aromatic carbocycles. The van der Waals surface area contributed by atoms with Crippen molar-refractivity contribution in [1.82, 2.24) is 8.87 Å². The molecule has 0 bridgehead atoms. The molecule has 4 aromatic rings. The van der Waals surface area contributed by atoms with E-state index in [0.717, 1.165) is 5.39 Å². The molecule has 7 heteroatoms. The van der Waals surface area contributed by atoms with Gasteiger partial charge in [0.2, 0.25) is 0 Å². The third-order valence-electron chi connectivity index (χ3n) is 5.82. The van der Waals surface area contributed by atoms with Gasteiger partial charge in [0.25, 0.3) is 15.9 Å². The van der Waals surface area contributed by atoms with E-state index in [0.29, 0.717) is 35.3 Å². The molecule has 1 unspecified atom stereocenters. The molecule has 1 atom stereocenters. The second-order valence-electron chi connectivity index (χ2n) is 7.75. The molecule has 0 fully saturated rings. The molecular formula is C26H26N2O4S. The number of nitrogens with zero attached hydrogens (tertiary/aromatic N) is 2. The van der Waals surface area contributed by atoms with Gasteiger partial charge < -0.3 is 10.0 Å². The molecule has 0 radical (unpaired) electrons. The Hall–Kier alpha value is -3.42. The standard InChI is InChI=1S/C26H26N2O4S/c1-3-27(4-2)26(30)21-13-11-20(12-14-21)25(29)22-15-10-19-16-17-28(24(19)18-22)33(31,32)23-8-6-5-7-9-23/h5-18,25,29H,3-4H2,1-2H3. The fourth-order valence-corrected chi connectivity index (χ4v) is 5.27. The van der Waals surface area contributed by atoms with Crippen molar-refractivity contribution < 1.29 is 18.3 Å². The van der Waals surface area contributed by atoms with Crippen LogP contribution in [0.4, 0.5) is 0 Å². The average Bonchev–Trinajstić information content (AvgIpc) is 3.29. The van der Waals surface area contributed by atoms with E-state index in [1.54, 1.807) is 83.8 Å². The number of aromatic nitrogens is 1. The number of amides is 1. The van der Waals surface area contributed by atoms with E-state index in [-0.39, 0.29) is 10.8 Å². The minimum atomic E-state index is -3.76. The monoisotopic (exact) mass is 462 g/mol. The average molecular weight is 463 g/mol. The van der Waals surface area contributed by atoms with E-state index in [4.69, 9.17) is 0 Å². The summed E-state index contributed by atoms with van der Waals surface area (Å²) in [6.07, 6.45) is 0.561. The number of carbonyl (C=O) groups is 1. The highest BCUT2D eigenvalue weighted by molar-refractivity contribution is 7.90. The van der Waals surface area contributed by atoms with Crippen molar-refractivity contribution >= 4 is 26.8 Å². The van der Waals surface area contributed by atoms with Crippen LogP contribution < -0.4 is 0 Å². The smallest absolute Gasteiger partial charge is 0.268 e. The Kier molecular flexibility index (Phi) is 6.35. The Labute approximate surface area is 193 Å². The molecule has 1 aromatic heterocycles. The summed E-state index contributed by atoms with van der Waals surface area (Å²) in [5.74, 6) is -0.0496. The van der Waals surface area contributed by atoms with E-state index in [9.17, 15) is 18.3 Å². The fraction of sp³-hybridized carbons (Fsp3) is 0.192. The number of rotatable bonds is 7. The van der Waals surface area contributed by atoms with Crippen molar-refractivity contribution in [2.75, 3.05) is 13.1 Å². The number of aliphatic hydroxyl groups is 1. The van der Waals surface area contributed by atoms with Crippen molar-refractivity contribution in [1.29, 1.82) is 0 Å². The molecule has 0 saturated heterocycles. The highest BCUT2D eigenvalue weighted by atomic mass is 32.2. The first kappa shape index (κ1) is 22.8. The first-order chi connectivity index (χ1) is 15.9. The zero-order valence-electron chi connectivity index (χ0n) is 18.5. The number of aliphatic hydroxyl groups excluding tert-OH is 1. The van der Waals surface area contributed by atoms with Gasteiger partial charge in [-0.15, -0.1) is 0 Å². The minimum absolute atomic E-state index is 0.0496. The Morgan fingerprint density at radius 3 is 2.18 bits per heavy atom. The normalized spacial score (nSPS) is 12.6. The van der Waals surface area contributed by atoms with Gasteiger partial charge in [-0.25, -0.2) is 12.4 Å². The summed E-state index contributed by atoms with van der Waals surface area (Å²) < 4.78 is 27.5. The van der Waals surface area contributed by atoms with Gasteiger partial charge in [-0.2, -0.15) is 0 Å². The van der Waals surface area contributed by atoms with Crippen LogP contribution in [0.5, 0.6) is 0 Å². The first-order valence-corrected chi connectivity index (χ1v) is 12.3. The third-order valence-corrected chi connectivity index (χ3v) is 7.53. The van der Waals surface area contributed by atoms with Gasteiger partial charge in [0.15, 0.2) is 0 Å². The van der Waals surface area contributed by atoms with E-state index in [1.807, 2.05) is 13.8 Å². The van der Waals surface area contributed by atoms with Crippen LogP contribution in [0.3, 0.4) is 0 Å². The van der Waals surface area contributed by atoms with Crippen molar-refractivity contribution in [2.45, 2.75) is 24.8 Å². The SMILES string of the molecule is CCN(CC)C(=O)c1ccc(C(O)c2ccc3ccn(S(=O)(=O)c4ccccc4)c3c2)cc1. The van der Waals surface area contributed by atoms with Crippen LogP contribution in [0, 0.1) is 0 Å². The van der Waals surface area contributed by atoms with Gasteiger partial charge >= 0.3 is 0 Å². The molecule has 33 heavy (non-hydrogen) atoms. The van der Waals surface area contributed by atoms with Crippen molar-refractivity contribution in [3.63, 3.8) is 0 Å². The minimum Gasteiger partial charge on any atom is -0.384 e. The highest BCUT2D eigenvalue weighted by Gasteiger charge is 2.20. The van der Waals surface area contributed by atoms with Crippen molar-refractivity contribution in [3.8, 4) is 0 Å². The van der Waals surface area contributed by atoms with E-state index in [2.05, 4.69) is 0 Å². The molecule has 170 valence electrons. The van der Waals surface area contributed by atoms with Crippen LogP contribution in [-0.2, 0) is 10.0 Å². The second kappa shape index (κ2) is 9.21. The number of hydrogen-bond donors (Lipinski definition) is 1. The molecule has 4 rings (SSSR count). The van der Waals surface area contributed by atoms with Gasteiger partial charge in [0.05, 0.1) is 10.4 Å². The van der Waals surface area contributed by atoms with E-state index in [1.165, 1.54) is 10.2 Å². The quantitative estimate of drug-likeness (QED) is 0.440. The van der Waals surface area contributed by atoms with Crippen LogP contribution in [0.1, 0.15) is 41.4 Å². The number of benzene rings is 3. The van der Waals surface area contributed by atoms with Crippen LogP contribution >= 0.6 is 0 Å². The fourth-order valence-electron chi connectivity index (χ4n) is 3.90. The van der Waals surface area contributed by atoms with Crippen LogP contribution in [0.15, 0.2) is 90.0 Å². The molecule has 1 N–H and O–H groups in total. The maximum Gasteiger partial charge on any atom is 0.268 e. The summed E-state index contributed by atoms with van der Waals surface area (Å²) >= 11 is 0. The summed E-state index contributed by atoms with van der Waals surface area (Å²) in [6, 6.07) is 22.1. The summed E-state index contributed by atoms with van der Waals surface area (Å²) in [5, 5.41) is 11.7. The van der Waals surface area contributed by atoms with Crippen LogP contribution in [0.25, 0.3) is 10.9 Å². The lowest BCUT2D eigenvalue weighted by atomic mass is 9.99. The molecule has 0 spiro atoms. The Bertz CT molecular complexity index is 1370. The Morgan fingerprint density at radius 1 is 0.909 bits per heavy atom. The predicted octanol–water partition coefficient (Wildman–Crippen LogP) is 4.44. The molecule has 1 amide bonds. The van der Waals surface area contributed by atoms with Gasteiger partial charge in [-0.1, -0.05) is 42.5 Å². The lowest BCUT2D eigenvalue weighted by molar-refractivity contribution is 0.0773. The summed E-state index contributed by atoms with van der Waals surface area (Å²) in [7, 11) is -3.76. The maximum atomic E-state index is 13.1. The van der Waals surface area contributed by atoms with E-state index < -0.39 is 16.1 Å². The topological polar surface area (TPSA) is 79.6 Å². The molecule has 0 aliphatic rings. The first-order valence-electron chi connectivity index (χ1n) is 10.9. The molecule has 6 nitrogen and oxygen atoms in total. The van der Waals surface area contributed by atoms with Crippen LogP contribution in [-0.4, -0.2) is 41.4 Å². The Morgan fingerprint density at radius 2 is 1.55 bits per heavy atom. The van der Waals surface area contributed by atoms with Crippen LogP contribution in [0.2, 0.25) is 0 Å². The molecule has 0 saturated carbocycles. The van der Waals surface area contributed by atoms with Gasteiger partial charge in [-0.05, 0) is 61.4 Å². The summed E-state index contributed by atoms with van der Waals surface area (Å²) in [5.41, 5.74) is 2.24. The zero-order chi connectivity index (χ0) is 23.6. The molecule has 0 aliphatic heterocycles. The predicted molar refractivity (Wildman–Crippen MR) is 129 cm³/mol. The zero-order valence-corrected chi connectivity index (χ0v) is 19.4. The Balaban J connectivity index is 1.67. The van der Waals surface area contributed by atoms with Gasteiger partial charge in [0, 0.05) is 30.2 Å². The largest absolute Gasteiger partial charge is 0.384 e. The maximum absolute atomic E-state index is 13.1. The molecule has 1 heterocycles. The lowest BCUT2D eigenvalue weighted by Crippen LogP contribution is -2.30. The van der Waals surface area contributed by atoms with Crippen molar-refractivity contribution in [2.24, 2.45) is 0 Å². The van der Waals surface area contributed by atoms with E-state index >= 15 is 0 Å².